The van der Waals surface area contributed by atoms with E-state index >= 15 is 0 Å². The molecule has 0 aromatic heterocycles. The Morgan fingerprint density at radius 2 is 2.21 bits per heavy atom. The fourth-order valence-electron chi connectivity index (χ4n) is 2.69. The van der Waals surface area contributed by atoms with Gasteiger partial charge in [0, 0.05) is 6.42 Å². The smallest absolute Gasteiger partial charge is 0.316 e. The lowest BCUT2D eigenvalue weighted by molar-refractivity contribution is -0.148. The maximum absolute atomic E-state index is 13.7. The van der Waals surface area contributed by atoms with Crippen molar-refractivity contribution in [2.24, 2.45) is 0 Å². The van der Waals surface area contributed by atoms with Gasteiger partial charge >= 0.3 is 5.97 Å². The van der Waals surface area contributed by atoms with E-state index in [9.17, 15) is 14.0 Å². The molecule has 0 saturated heterocycles. The Balaban J connectivity index is 2.60. The van der Waals surface area contributed by atoms with E-state index in [0.717, 1.165) is 0 Å². The number of Topliss-reactive ketones (excluding diaryl/α,β-unsaturated/α-hetero) is 1. The second-order valence-electron chi connectivity index (χ2n) is 4.80. The molecule has 3 nitrogen and oxygen atoms in total. The van der Waals surface area contributed by atoms with Crippen LogP contribution in [0.25, 0.3) is 0 Å². The van der Waals surface area contributed by atoms with Gasteiger partial charge in [-0.2, -0.15) is 0 Å². The zero-order valence-corrected chi connectivity index (χ0v) is 12.3. The molecule has 0 bridgehead atoms. The molecule has 1 saturated carbocycles. The zero-order valence-electron chi connectivity index (χ0n) is 10.7. The first-order chi connectivity index (χ1) is 8.92. The topological polar surface area (TPSA) is 43.4 Å². The fourth-order valence-corrected chi connectivity index (χ4v) is 3.41. The van der Waals surface area contributed by atoms with Crippen LogP contribution in [-0.4, -0.2) is 23.7 Å². The van der Waals surface area contributed by atoms with Crippen LogP contribution in [0.15, 0.2) is 18.2 Å². The van der Waals surface area contributed by atoms with E-state index < -0.39 is 16.2 Å². The molecule has 102 valence electrons. The van der Waals surface area contributed by atoms with E-state index in [1.165, 1.54) is 13.2 Å². The summed E-state index contributed by atoms with van der Waals surface area (Å²) in [5.41, 5.74) is -0.149. The molecule has 19 heavy (non-hydrogen) atoms. The minimum atomic E-state index is -1.08. The number of methoxy groups -OCH3 is 1. The van der Waals surface area contributed by atoms with Crippen molar-refractivity contribution < 1.29 is 18.7 Å². The molecule has 2 unspecified atom stereocenters. The van der Waals surface area contributed by atoms with Crippen molar-refractivity contribution in [3.63, 3.8) is 0 Å². The summed E-state index contributed by atoms with van der Waals surface area (Å²) in [4.78, 5) is 23.6. The zero-order chi connectivity index (χ0) is 14.2. The van der Waals surface area contributed by atoms with Crippen LogP contribution in [0.5, 0.6) is 0 Å². The molecule has 0 radical (unpaired) electrons. The molecule has 5 heteroatoms. The Hall–Kier alpha value is -1.23. The van der Waals surface area contributed by atoms with Crippen LogP contribution in [0.3, 0.4) is 0 Å². The number of esters is 1. The van der Waals surface area contributed by atoms with Crippen LogP contribution in [0.4, 0.5) is 4.39 Å². The molecule has 0 amide bonds. The number of carbonyl (C=O) groups excluding carboxylic acids is 2. The predicted octanol–water partition coefficient (Wildman–Crippen LogP) is 2.67. The van der Waals surface area contributed by atoms with Crippen molar-refractivity contribution >= 4 is 27.7 Å². The highest BCUT2D eigenvalue weighted by Crippen LogP contribution is 2.44. The van der Waals surface area contributed by atoms with E-state index in [0.29, 0.717) is 17.5 Å². The fraction of sp³-hybridized carbons (Fsp3) is 0.429. The second kappa shape index (κ2) is 5.04. The summed E-state index contributed by atoms with van der Waals surface area (Å²) in [5, 5.41) is 0. The molecule has 1 aromatic rings. The van der Waals surface area contributed by atoms with Crippen LogP contribution in [0.1, 0.15) is 24.0 Å². The van der Waals surface area contributed by atoms with Gasteiger partial charge in [0.25, 0.3) is 0 Å². The van der Waals surface area contributed by atoms with Crippen molar-refractivity contribution in [1.82, 2.24) is 0 Å². The first-order valence-corrected chi connectivity index (χ1v) is 6.85. The van der Waals surface area contributed by atoms with Gasteiger partial charge in [0.1, 0.15) is 17.0 Å². The lowest BCUT2D eigenvalue weighted by Crippen LogP contribution is -2.36. The van der Waals surface area contributed by atoms with Crippen molar-refractivity contribution in [3.8, 4) is 0 Å². The van der Waals surface area contributed by atoms with E-state index in [2.05, 4.69) is 15.9 Å². The summed E-state index contributed by atoms with van der Waals surface area (Å²) in [6, 6.07) is 4.58. The third-order valence-electron chi connectivity index (χ3n) is 3.71. The molecule has 1 fully saturated rings. The molecule has 1 aliphatic carbocycles. The largest absolute Gasteiger partial charge is 0.468 e. The third-order valence-corrected chi connectivity index (χ3v) is 4.55. The quantitative estimate of drug-likeness (QED) is 0.619. The third kappa shape index (κ3) is 2.20. The van der Waals surface area contributed by atoms with Crippen molar-refractivity contribution in [1.29, 1.82) is 0 Å². The summed E-state index contributed by atoms with van der Waals surface area (Å²) in [6.07, 6.45) is 0.336. The van der Waals surface area contributed by atoms with Crippen LogP contribution < -0.4 is 0 Å². The minimum absolute atomic E-state index is 0.0416. The summed E-state index contributed by atoms with van der Waals surface area (Å²) in [5.74, 6) is -0.934. The average Bonchev–Trinajstić information content (AvgIpc) is 2.69. The number of halogens is 2. The SMILES string of the molecule is COC(=O)C1(c2cccc(F)c2C)CC(=O)C(Br)C1. The summed E-state index contributed by atoms with van der Waals surface area (Å²) in [6.45, 7) is 1.61. The highest BCUT2D eigenvalue weighted by Gasteiger charge is 2.52. The van der Waals surface area contributed by atoms with Gasteiger partial charge in [0.15, 0.2) is 0 Å². The molecule has 1 aromatic carbocycles. The molecule has 0 heterocycles. The highest BCUT2D eigenvalue weighted by atomic mass is 79.9. The number of rotatable bonds is 2. The van der Waals surface area contributed by atoms with E-state index in [4.69, 9.17) is 4.74 Å². The van der Waals surface area contributed by atoms with Gasteiger partial charge in [-0.1, -0.05) is 28.1 Å². The lowest BCUT2D eigenvalue weighted by atomic mass is 9.76. The van der Waals surface area contributed by atoms with E-state index in [1.54, 1.807) is 19.1 Å². The van der Waals surface area contributed by atoms with E-state index in [1.807, 2.05) is 0 Å². The van der Waals surface area contributed by atoms with Crippen molar-refractivity contribution in [3.05, 3.63) is 35.1 Å². The highest BCUT2D eigenvalue weighted by molar-refractivity contribution is 9.10. The van der Waals surface area contributed by atoms with Crippen molar-refractivity contribution in [2.45, 2.75) is 30.0 Å². The number of alkyl halides is 1. The van der Waals surface area contributed by atoms with E-state index in [-0.39, 0.29) is 18.0 Å². The molecule has 0 aliphatic heterocycles. The number of carbonyl (C=O) groups is 2. The van der Waals surface area contributed by atoms with Gasteiger partial charge in [-0.3, -0.25) is 9.59 Å². The summed E-state index contributed by atoms with van der Waals surface area (Å²) < 4.78 is 18.6. The van der Waals surface area contributed by atoms with Gasteiger partial charge < -0.3 is 4.74 Å². The lowest BCUT2D eigenvalue weighted by Gasteiger charge is -2.27. The van der Waals surface area contributed by atoms with Gasteiger partial charge in [-0.25, -0.2) is 4.39 Å². The average molecular weight is 329 g/mol. The van der Waals surface area contributed by atoms with Gasteiger partial charge in [-0.05, 0) is 30.5 Å². The number of ketones is 1. The molecule has 2 atom stereocenters. The van der Waals surface area contributed by atoms with Gasteiger partial charge in [0.05, 0.1) is 11.9 Å². The Morgan fingerprint density at radius 1 is 1.53 bits per heavy atom. The monoisotopic (exact) mass is 328 g/mol. The molecule has 0 N–H and O–H groups in total. The van der Waals surface area contributed by atoms with Crippen LogP contribution in [-0.2, 0) is 19.7 Å². The molecule has 2 rings (SSSR count). The Bertz CT molecular complexity index is 543. The Labute approximate surface area is 119 Å². The minimum Gasteiger partial charge on any atom is -0.468 e. The van der Waals surface area contributed by atoms with Crippen LogP contribution >= 0.6 is 15.9 Å². The Kier molecular flexibility index (Phi) is 3.76. The summed E-state index contributed by atoms with van der Waals surface area (Å²) in [7, 11) is 1.28. The standard InChI is InChI=1S/C14H14BrFO3/c1-8-9(4-3-5-11(8)16)14(13(18)19-2)6-10(15)12(17)7-14/h3-5,10H,6-7H2,1-2H3. The summed E-state index contributed by atoms with van der Waals surface area (Å²) >= 11 is 3.27. The Morgan fingerprint density at radius 3 is 2.74 bits per heavy atom. The molecule has 1 aliphatic rings. The van der Waals surface area contributed by atoms with Gasteiger partial charge in [-0.15, -0.1) is 0 Å². The van der Waals surface area contributed by atoms with Crippen LogP contribution in [0, 0.1) is 12.7 Å². The number of hydrogen-bond donors (Lipinski definition) is 0. The molecular weight excluding hydrogens is 315 g/mol. The normalized spacial score (nSPS) is 26.5. The number of hydrogen-bond acceptors (Lipinski definition) is 3. The number of benzene rings is 1. The maximum atomic E-state index is 13.7. The molecule has 0 spiro atoms. The predicted molar refractivity (Wildman–Crippen MR) is 71.8 cm³/mol. The first-order valence-electron chi connectivity index (χ1n) is 5.93. The molecular formula is C14H14BrFO3. The first kappa shape index (κ1) is 14.2. The maximum Gasteiger partial charge on any atom is 0.316 e. The van der Waals surface area contributed by atoms with Crippen molar-refractivity contribution in [2.75, 3.05) is 7.11 Å². The number of ether oxygens (including phenoxy) is 1. The second-order valence-corrected chi connectivity index (χ2v) is 5.91. The van der Waals surface area contributed by atoms with Crippen LogP contribution in [0.2, 0.25) is 0 Å². The van der Waals surface area contributed by atoms with Gasteiger partial charge in [0.2, 0.25) is 0 Å².